The molecule has 1 fully saturated rings. The number of carbonyl (C=O) groups excluding carboxylic acids is 1. The highest BCUT2D eigenvalue weighted by atomic mass is 35.5. The van der Waals surface area contributed by atoms with Crippen molar-refractivity contribution in [2.75, 3.05) is 13.1 Å². The minimum Gasteiger partial charge on any atom is -0.339 e. The molecule has 0 atom stereocenters. The fourth-order valence-corrected chi connectivity index (χ4v) is 3.41. The van der Waals surface area contributed by atoms with E-state index in [2.05, 4.69) is 11.1 Å². The largest absolute Gasteiger partial charge is 0.339 e. The SMILES string of the molecule is Cc1nc(-c2ccc(Cl)cc2Cl)cc(C(=O)N2CCCC2)c1C#N. The maximum atomic E-state index is 12.8. The summed E-state index contributed by atoms with van der Waals surface area (Å²) in [7, 11) is 0. The molecule has 1 aromatic carbocycles. The average molecular weight is 360 g/mol. The molecule has 1 aliphatic rings. The van der Waals surface area contributed by atoms with Crippen LogP contribution in [0.15, 0.2) is 24.3 Å². The maximum Gasteiger partial charge on any atom is 0.255 e. The first kappa shape index (κ1) is 16.8. The first-order valence-electron chi connectivity index (χ1n) is 7.67. The van der Waals surface area contributed by atoms with E-state index in [9.17, 15) is 10.1 Å². The Morgan fingerprint density at radius 2 is 1.96 bits per heavy atom. The summed E-state index contributed by atoms with van der Waals surface area (Å²) in [5.41, 5.74) is 2.47. The lowest BCUT2D eigenvalue weighted by Crippen LogP contribution is -2.28. The molecule has 122 valence electrons. The quantitative estimate of drug-likeness (QED) is 0.794. The van der Waals surface area contributed by atoms with Gasteiger partial charge in [-0.15, -0.1) is 0 Å². The fraction of sp³-hybridized carbons (Fsp3) is 0.278. The molecule has 1 amide bonds. The molecule has 0 saturated carbocycles. The van der Waals surface area contributed by atoms with E-state index in [0.717, 1.165) is 25.9 Å². The van der Waals surface area contributed by atoms with E-state index in [0.29, 0.717) is 38.1 Å². The summed E-state index contributed by atoms with van der Waals surface area (Å²) in [6.07, 6.45) is 1.99. The molecule has 1 aromatic heterocycles. The third-order valence-electron chi connectivity index (χ3n) is 4.14. The van der Waals surface area contributed by atoms with Crippen LogP contribution in [0.1, 0.15) is 34.5 Å². The number of benzene rings is 1. The summed E-state index contributed by atoms with van der Waals surface area (Å²) in [5.74, 6) is -0.124. The van der Waals surface area contributed by atoms with E-state index in [1.165, 1.54) is 0 Å². The van der Waals surface area contributed by atoms with Crippen LogP contribution < -0.4 is 0 Å². The van der Waals surface area contributed by atoms with E-state index in [-0.39, 0.29) is 5.91 Å². The zero-order chi connectivity index (χ0) is 17.3. The predicted octanol–water partition coefficient (Wildman–Crippen LogP) is 4.47. The summed E-state index contributed by atoms with van der Waals surface area (Å²) >= 11 is 12.2. The summed E-state index contributed by atoms with van der Waals surface area (Å²) in [4.78, 5) is 19.0. The van der Waals surface area contributed by atoms with Crippen LogP contribution in [0.25, 0.3) is 11.3 Å². The number of aryl methyl sites for hydroxylation is 1. The molecule has 0 unspecified atom stereocenters. The second-order valence-electron chi connectivity index (χ2n) is 5.75. The van der Waals surface area contributed by atoms with Gasteiger partial charge in [-0.2, -0.15) is 5.26 Å². The normalized spacial score (nSPS) is 13.8. The number of rotatable bonds is 2. The van der Waals surface area contributed by atoms with Crippen LogP contribution in [0.4, 0.5) is 0 Å². The first-order valence-corrected chi connectivity index (χ1v) is 8.43. The van der Waals surface area contributed by atoms with E-state index in [1.807, 2.05) is 0 Å². The van der Waals surface area contributed by atoms with Gasteiger partial charge in [0, 0.05) is 23.7 Å². The van der Waals surface area contributed by atoms with E-state index in [4.69, 9.17) is 23.2 Å². The van der Waals surface area contributed by atoms with Gasteiger partial charge < -0.3 is 4.90 Å². The van der Waals surface area contributed by atoms with Gasteiger partial charge >= 0.3 is 0 Å². The molecule has 4 nitrogen and oxygen atoms in total. The van der Waals surface area contributed by atoms with Gasteiger partial charge in [-0.25, -0.2) is 0 Å². The van der Waals surface area contributed by atoms with Crippen LogP contribution >= 0.6 is 23.2 Å². The molecule has 3 rings (SSSR count). The summed E-state index contributed by atoms with van der Waals surface area (Å²) < 4.78 is 0. The zero-order valence-corrected chi connectivity index (χ0v) is 14.7. The minimum absolute atomic E-state index is 0.124. The smallest absolute Gasteiger partial charge is 0.255 e. The molecule has 2 heterocycles. The minimum atomic E-state index is -0.124. The Morgan fingerprint density at radius 3 is 2.58 bits per heavy atom. The Kier molecular flexibility index (Phi) is 4.75. The first-order chi connectivity index (χ1) is 11.5. The molecular weight excluding hydrogens is 345 g/mol. The average Bonchev–Trinajstić information content (AvgIpc) is 3.08. The number of amides is 1. The standard InChI is InChI=1S/C18H15Cl2N3O/c1-11-15(10-21)14(18(24)23-6-2-3-7-23)9-17(22-11)13-5-4-12(19)8-16(13)20/h4-5,8-9H,2-3,6-7H2,1H3. The van der Waals surface area contributed by atoms with Crippen molar-refractivity contribution >= 4 is 29.1 Å². The Labute approximate surface area is 150 Å². The third kappa shape index (κ3) is 3.10. The Hall–Kier alpha value is -2.09. The molecule has 6 heteroatoms. The van der Waals surface area contributed by atoms with Crippen molar-refractivity contribution in [1.82, 2.24) is 9.88 Å². The van der Waals surface area contributed by atoms with Crippen molar-refractivity contribution in [2.24, 2.45) is 0 Å². The van der Waals surface area contributed by atoms with Crippen LogP contribution in [0, 0.1) is 18.3 Å². The van der Waals surface area contributed by atoms with Crippen molar-refractivity contribution in [3.63, 3.8) is 0 Å². The summed E-state index contributed by atoms with van der Waals surface area (Å²) in [6.45, 7) is 3.18. The number of hydrogen-bond donors (Lipinski definition) is 0. The molecule has 0 spiro atoms. The van der Waals surface area contributed by atoms with Gasteiger partial charge in [-0.3, -0.25) is 9.78 Å². The molecule has 0 bridgehead atoms. The summed E-state index contributed by atoms with van der Waals surface area (Å²) in [6, 6.07) is 8.88. The van der Waals surface area contributed by atoms with Crippen molar-refractivity contribution < 1.29 is 4.79 Å². The van der Waals surface area contributed by atoms with E-state index < -0.39 is 0 Å². The molecule has 0 radical (unpaired) electrons. The number of pyridine rings is 1. The van der Waals surface area contributed by atoms with Gasteiger partial charge in [0.05, 0.1) is 27.5 Å². The highest BCUT2D eigenvalue weighted by Gasteiger charge is 2.24. The molecule has 2 aromatic rings. The molecule has 0 aliphatic carbocycles. The lowest BCUT2D eigenvalue weighted by molar-refractivity contribution is 0.0792. The number of aromatic nitrogens is 1. The van der Waals surface area contributed by atoms with Crippen molar-refractivity contribution in [3.05, 3.63) is 51.1 Å². The van der Waals surface area contributed by atoms with Crippen LogP contribution in [0.3, 0.4) is 0 Å². The molecule has 1 aliphatic heterocycles. The van der Waals surface area contributed by atoms with Crippen molar-refractivity contribution in [1.29, 1.82) is 5.26 Å². The number of nitriles is 1. The lowest BCUT2D eigenvalue weighted by atomic mass is 10.0. The number of likely N-dealkylation sites (tertiary alicyclic amines) is 1. The highest BCUT2D eigenvalue weighted by Crippen LogP contribution is 2.31. The fourth-order valence-electron chi connectivity index (χ4n) is 2.91. The van der Waals surface area contributed by atoms with Gasteiger partial charge in [-0.1, -0.05) is 23.2 Å². The monoisotopic (exact) mass is 359 g/mol. The topological polar surface area (TPSA) is 57.0 Å². The molecule has 0 N–H and O–H groups in total. The van der Waals surface area contributed by atoms with Crippen LogP contribution in [0.5, 0.6) is 0 Å². The number of hydrogen-bond acceptors (Lipinski definition) is 3. The van der Waals surface area contributed by atoms with Crippen LogP contribution in [-0.2, 0) is 0 Å². The molecular formula is C18H15Cl2N3O. The van der Waals surface area contributed by atoms with Gasteiger partial charge in [-0.05, 0) is 44.0 Å². The highest BCUT2D eigenvalue weighted by molar-refractivity contribution is 6.36. The maximum absolute atomic E-state index is 12.8. The second-order valence-corrected chi connectivity index (χ2v) is 6.59. The van der Waals surface area contributed by atoms with E-state index >= 15 is 0 Å². The van der Waals surface area contributed by atoms with Crippen molar-refractivity contribution in [3.8, 4) is 17.3 Å². The Balaban J connectivity index is 2.13. The van der Waals surface area contributed by atoms with Crippen LogP contribution in [0.2, 0.25) is 10.0 Å². The van der Waals surface area contributed by atoms with Gasteiger partial charge in [0.2, 0.25) is 0 Å². The van der Waals surface area contributed by atoms with E-state index in [1.54, 1.807) is 36.1 Å². The number of carbonyl (C=O) groups is 1. The zero-order valence-electron chi connectivity index (χ0n) is 13.1. The molecule has 1 saturated heterocycles. The van der Waals surface area contributed by atoms with Crippen molar-refractivity contribution in [2.45, 2.75) is 19.8 Å². The Bertz CT molecular complexity index is 852. The van der Waals surface area contributed by atoms with Gasteiger partial charge in [0.15, 0.2) is 0 Å². The lowest BCUT2D eigenvalue weighted by Gasteiger charge is -2.17. The Morgan fingerprint density at radius 1 is 1.25 bits per heavy atom. The van der Waals surface area contributed by atoms with Crippen LogP contribution in [-0.4, -0.2) is 28.9 Å². The number of nitrogens with zero attached hydrogens (tertiary/aromatic N) is 3. The predicted molar refractivity (Wildman–Crippen MR) is 94.3 cm³/mol. The molecule has 24 heavy (non-hydrogen) atoms. The summed E-state index contributed by atoms with van der Waals surface area (Å²) in [5, 5.41) is 10.4. The second kappa shape index (κ2) is 6.80. The van der Waals surface area contributed by atoms with Gasteiger partial charge in [0.25, 0.3) is 5.91 Å². The number of halogens is 2. The van der Waals surface area contributed by atoms with Gasteiger partial charge in [0.1, 0.15) is 6.07 Å². The third-order valence-corrected chi connectivity index (χ3v) is 4.69.